The zero-order valence-electron chi connectivity index (χ0n) is 21.2. The molecule has 0 aliphatic heterocycles. The first kappa shape index (κ1) is 28.4. The zero-order valence-corrected chi connectivity index (χ0v) is 22.8. The van der Waals surface area contributed by atoms with Crippen LogP contribution in [0.5, 0.6) is 11.5 Å². The highest BCUT2D eigenvalue weighted by molar-refractivity contribution is 6.36. The van der Waals surface area contributed by atoms with Crippen molar-refractivity contribution < 1.29 is 19.1 Å². The van der Waals surface area contributed by atoms with Crippen LogP contribution in [-0.4, -0.2) is 42.5 Å². The number of amides is 2. The first-order valence-electron chi connectivity index (χ1n) is 12.2. The molecule has 2 unspecified atom stereocenters. The summed E-state index contributed by atoms with van der Waals surface area (Å²) < 4.78 is 11.0. The lowest BCUT2D eigenvalue weighted by atomic mass is 10.0. The van der Waals surface area contributed by atoms with Crippen LogP contribution in [0.4, 0.5) is 0 Å². The van der Waals surface area contributed by atoms with Crippen molar-refractivity contribution in [3.8, 4) is 11.5 Å². The Balaban J connectivity index is 1.94. The fourth-order valence-corrected chi connectivity index (χ4v) is 4.27. The molecule has 0 spiro atoms. The highest BCUT2D eigenvalue weighted by Crippen LogP contribution is 2.27. The molecule has 2 amide bonds. The third-order valence-corrected chi connectivity index (χ3v) is 6.79. The normalized spacial score (nSPS) is 12.4. The van der Waals surface area contributed by atoms with Crippen LogP contribution in [0.1, 0.15) is 31.4 Å². The van der Waals surface area contributed by atoms with Gasteiger partial charge in [0.05, 0.1) is 7.11 Å². The molecule has 0 aliphatic rings. The maximum atomic E-state index is 13.7. The van der Waals surface area contributed by atoms with Crippen LogP contribution in [0.15, 0.2) is 72.8 Å². The number of carbonyl (C=O) groups is 2. The van der Waals surface area contributed by atoms with Gasteiger partial charge in [0.1, 0.15) is 17.5 Å². The van der Waals surface area contributed by atoms with E-state index < -0.39 is 6.04 Å². The monoisotopic (exact) mass is 542 g/mol. The molecule has 0 heterocycles. The predicted octanol–water partition coefficient (Wildman–Crippen LogP) is 5.94. The lowest BCUT2D eigenvalue weighted by molar-refractivity contribution is -0.143. The highest BCUT2D eigenvalue weighted by Gasteiger charge is 2.32. The van der Waals surface area contributed by atoms with Gasteiger partial charge in [0.15, 0.2) is 6.61 Å². The third-order valence-electron chi connectivity index (χ3n) is 6.08. The Bertz CT molecular complexity index is 1150. The van der Waals surface area contributed by atoms with Crippen LogP contribution in [0.2, 0.25) is 10.0 Å². The van der Waals surface area contributed by atoms with Gasteiger partial charge in [-0.2, -0.15) is 0 Å². The molecule has 0 radical (unpaired) electrons. The molecule has 0 aliphatic carbocycles. The summed E-state index contributed by atoms with van der Waals surface area (Å²) in [6.07, 6.45) is 1.08. The van der Waals surface area contributed by atoms with Crippen LogP contribution in [0, 0.1) is 0 Å². The first-order chi connectivity index (χ1) is 17.8. The lowest BCUT2D eigenvalue weighted by Gasteiger charge is -2.32. The number of halogens is 2. The van der Waals surface area contributed by atoms with Gasteiger partial charge in [-0.25, -0.2) is 0 Å². The molecule has 196 valence electrons. The summed E-state index contributed by atoms with van der Waals surface area (Å²) in [5.74, 6) is 0.568. The minimum absolute atomic E-state index is 0.0503. The summed E-state index contributed by atoms with van der Waals surface area (Å²) in [7, 11) is 1.58. The standard InChI is InChI=1S/C29H32Cl2N2O4/c1-4-20(2)32-29(35)27(17-21-9-6-5-7-10-21)33(18-24-25(30)11-8-12-26(24)31)28(34)19-37-23-15-13-22(36-3)14-16-23/h5-16,20,27H,4,17-19H2,1-3H3,(H,32,35). The van der Waals surface area contributed by atoms with E-state index >= 15 is 0 Å². The third kappa shape index (κ3) is 8.14. The lowest BCUT2D eigenvalue weighted by Crippen LogP contribution is -2.53. The Labute approximate surface area is 228 Å². The number of rotatable bonds is 12. The first-order valence-corrected chi connectivity index (χ1v) is 12.9. The molecule has 0 aromatic heterocycles. The summed E-state index contributed by atoms with van der Waals surface area (Å²) in [6, 6.07) is 20.8. The number of nitrogens with zero attached hydrogens (tertiary/aromatic N) is 1. The van der Waals surface area contributed by atoms with Gasteiger partial charge in [0.2, 0.25) is 5.91 Å². The highest BCUT2D eigenvalue weighted by atomic mass is 35.5. The Morgan fingerprint density at radius 2 is 1.54 bits per heavy atom. The summed E-state index contributed by atoms with van der Waals surface area (Å²) in [5, 5.41) is 3.87. The van der Waals surface area contributed by atoms with Crippen molar-refractivity contribution in [3.63, 3.8) is 0 Å². The van der Waals surface area contributed by atoms with Crippen molar-refractivity contribution in [1.82, 2.24) is 10.2 Å². The second-order valence-electron chi connectivity index (χ2n) is 8.71. The molecule has 3 aromatic carbocycles. The number of hydrogen-bond donors (Lipinski definition) is 1. The molecule has 0 fully saturated rings. The second-order valence-corrected chi connectivity index (χ2v) is 9.52. The van der Waals surface area contributed by atoms with Gasteiger partial charge in [-0.15, -0.1) is 0 Å². The van der Waals surface area contributed by atoms with Gasteiger partial charge in [-0.3, -0.25) is 9.59 Å². The summed E-state index contributed by atoms with van der Waals surface area (Å²) >= 11 is 12.9. The molecule has 3 rings (SSSR count). The molecular formula is C29H32Cl2N2O4. The van der Waals surface area contributed by atoms with Gasteiger partial charge in [-0.1, -0.05) is 66.5 Å². The number of benzene rings is 3. The molecule has 37 heavy (non-hydrogen) atoms. The number of hydrogen-bond acceptors (Lipinski definition) is 4. The smallest absolute Gasteiger partial charge is 0.261 e. The van der Waals surface area contributed by atoms with Gasteiger partial charge in [0.25, 0.3) is 5.91 Å². The van der Waals surface area contributed by atoms with E-state index in [-0.39, 0.29) is 31.0 Å². The van der Waals surface area contributed by atoms with Crippen molar-refractivity contribution in [3.05, 3.63) is 94.0 Å². The maximum absolute atomic E-state index is 13.7. The second kappa shape index (κ2) is 13.9. The molecular weight excluding hydrogens is 511 g/mol. The van der Waals surface area contributed by atoms with Crippen LogP contribution in [0.3, 0.4) is 0 Å². The fourth-order valence-electron chi connectivity index (χ4n) is 3.75. The molecule has 0 bridgehead atoms. The summed E-state index contributed by atoms with van der Waals surface area (Å²) in [4.78, 5) is 28.7. The van der Waals surface area contributed by atoms with Crippen LogP contribution in [0.25, 0.3) is 0 Å². The topological polar surface area (TPSA) is 67.9 Å². The van der Waals surface area contributed by atoms with Crippen molar-refractivity contribution in [2.75, 3.05) is 13.7 Å². The van der Waals surface area contributed by atoms with Gasteiger partial charge in [-0.05, 0) is 55.3 Å². The van der Waals surface area contributed by atoms with E-state index in [0.29, 0.717) is 33.5 Å². The fraction of sp³-hybridized carbons (Fsp3) is 0.310. The minimum atomic E-state index is -0.810. The van der Waals surface area contributed by atoms with E-state index in [9.17, 15) is 9.59 Å². The van der Waals surface area contributed by atoms with E-state index in [1.54, 1.807) is 49.6 Å². The largest absolute Gasteiger partial charge is 0.497 e. The molecule has 3 aromatic rings. The van der Waals surface area contributed by atoms with Crippen LogP contribution >= 0.6 is 23.2 Å². The zero-order chi connectivity index (χ0) is 26.8. The van der Waals surface area contributed by atoms with E-state index in [4.69, 9.17) is 32.7 Å². The van der Waals surface area contributed by atoms with Crippen LogP contribution < -0.4 is 14.8 Å². The minimum Gasteiger partial charge on any atom is -0.497 e. The number of ether oxygens (including phenoxy) is 2. The van der Waals surface area contributed by atoms with Gasteiger partial charge < -0.3 is 19.7 Å². The van der Waals surface area contributed by atoms with Crippen LogP contribution in [-0.2, 0) is 22.6 Å². The van der Waals surface area contributed by atoms with Crippen molar-refractivity contribution >= 4 is 35.0 Å². The van der Waals surface area contributed by atoms with E-state index in [0.717, 1.165) is 12.0 Å². The molecule has 1 N–H and O–H groups in total. The van der Waals surface area contributed by atoms with Gasteiger partial charge in [0, 0.05) is 34.6 Å². The van der Waals surface area contributed by atoms with Crippen molar-refractivity contribution in [2.45, 2.75) is 45.3 Å². The predicted molar refractivity (Wildman–Crippen MR) is 147 cm³/mol. The van der Waals surface area contributed by atoms with E-state index in [2.05, 4.69) is 5.32 Å². The van der Waals surface area contributed by atoms with Gasteiger partial charge >= 0.3 is 0 Å². The maximum Gasteiger partial charge on any atom is 0.261 e. The Kier molecular flexibility index (Phi) is 10.7. The molecule has 8 heteroatoms. The Morgan fingerprint density at radius 1 is 0.919 bits per heavy atom. The molecule has 2 atom stereocenters. The average molecular weight is 543 g/mol. The molecule has 0 saturated heterocycles. The SMILES string of the molecule is CCC(C)NC(=O)C(Cc1ccccc1)N(Cc1c(Cl)cccc1Cl)C(=O)COc1ccc(OC)cc1. The number of nitrogens with one attached hydrogen (secondary N) is 1. The Morgan fingerprint density at radius 3 is 2.14 bits per heavy atom. The summed E-state index contributed by atoms with van der Waals surface area (Å²) in [6.45, 7) is 3.71. The number of methoxy groups -OCH3 is 1. The molecule has 0 saturated carbocycles. The Hall–Kier alpha value is -3.22. The van der Waals surface area contributed by atoms with Crippen molar-refractivity contribution in [2.24, 2.45) is 0 Å². The quantitative estimate of drug-likeness (QED) is 0.307. The van der Waals surface area contributed by atoms with Crippen molar-refractivity contribution in [1.29, 1.82) is 0 Å². The van der Waals surface area contributed by atoms with E-state index in [1.165, 1.54) is 4.90 Å². The number of carbonyl (C=O) groups excluding carboxylic acids is 2. The average Bonchev–Trinajstić information content (AvgIpc) is 2.91. The van der Waals surface area contributed by atoms with E-state index in [1.807, 2.05) is 44.2 Å². The summed E-state index contributed by atoms with van der Waals surface area (Å²) in [5.41, 5.74) is 1.49. The molecule has 6 nitrogen and oxygen atoms in total.